The summed E-state index contributed by atoms with van der Waals surface area (Å²) in [5, 5.41) is 3.12. The van der Waals surface area contributed by atoms with Crippen molar-refractivity contribution in [3.63, 3.8) is 0 Å². The van der Waals surface area contributed by atoms with Gasteiger partial charge in [-0.05, 0) is 44.9 Å². The molecule has 1 saturated heterocycles. The predicted molar refractivity (Wildman–Crippen MR) is 123 cm³/mol. The van der Waals surface area contributed by atoms with E-state index in [1.807, 2.05) is 0 Å². The van der Waals surface area contributed by atoms with E-state index >= 15 is 0 Å². The molecule has 0 radical (unpaired) electrons. The molecule has 1 aliphatic heterocycles. The number of likely N-dealkylation sites (N-methyl/N-ethyl adjacent to an activating group) is 1. The highest BCUT2D eigenvalue weighted by Gasteiger charge is 2.35. The maximum absolute atomic E-state index is 13.4. The van der Waals surface area contributed by atoms with Crippen molar-refractivity contribution in [1.29, 1.82) is 0 Å². The van der Waals surface area contributed by atoms with Crippen molar-refractivity contribution < 1.29 is 37.0 Å². The number of amides is 1. The van der Waals surface area contributed by atoms with E-state index in [1.165, 1.54) is 20.0 Å². The fourth-order valence-electron chi connectivity index (χ4n) is 3.97. The molecule has 0 saturated carbocycles. The van der Waals surface area contributed by atoms with Crippen LogP contribution in [0.2, 0.25) is 0 Å². The van der Waals surface area contributed by atoms with Crippen molar-refractivity contribution in [2.45, 2.75) is 46.2 Å². The van der Waals surface area contributed by atoms with Gasteiger partial charge in [-0.15, -0.1) is 0 Å². The molecule has 1 N–H and O–H groups in total. The summed E-state index contributed by atoms with van der Waals surface area (Å²) in [7, 11) is 1.43. The minimum Gasteiger partial charge on any atom is -0.465 e. The molecule has 0 aliphatic carbocycles. The largest absolute Gasteiger partial charge is 0.465 e. The van der Waals surface area contributed by atoms with Crippen LogP contribution in [-0.4, -0.2) is 60.2 Å². The van der Waals surface area contributed by atoms with Crippen LogP contribution in [0.5, 0.6) is 0 Å². The number of esters is 1. The summed E-state index contributed by atoms with van der Waals surface area (Å²) in [5.74, 6) is -0.749. The zero-order valence-corrected chi connectivity index (χ0v) is 20.7. The molecule has 1 aromatic carbocycles. The summed E-state index contributed by atoms with van der Waals surface area (Å²) in [6.07, 6.45) is -5.47. The van der Waals surface area contributed by atoms with Gasteiger partial charge in [0.25, 0.3) is 5.91 Å². The first kappa shape index (κ1) is 27.3. The minimum absolute atomic E-state index is 0.0448. The number of carbonyl (C=O) groups excluding carboxylic acids is 2. The normalized spacial score (nSPS) is 15.0. The molecule has 1 amide bonds. The van der Waals surface area contributed by atoms with Gasteiger partial charge in [0, 0.05) is 7.05 Å². The van der Waals surface area contributed by atoms with Gasteiger partial charge in [-0.2, -0.15) is 13.2 Å². The zero-order chi connectivity index (χ0) is 26.6. The van der Waals surface area contributed by atoms with Crippen LogP contribution in [0.15, 0.2) is 18.2 Å². The summed E-state index contributed by atoms with van der Waals surface area (Å²) in [4.78, 5) is 35.1. The van der Waals surface area contributed by atoms with Crippen molar-refractivity contribution in [1.82, 2.24) is 14.9 Å². The first-order chi connectivity index (χ1) is 16.9. The molecule has 1 aliphatic rings. The van der Waals surface area contributed by atoms with Crippen LogP contribution >= 0.6 is 0 Å². The Kier molecular flexibility index (Phi) is 8.51. The number of anilines is 1. The number of alkyl halides is 3. The molecule has 0 unspecified atom stereocenters. The molecule has 12 heteroatoms. The number of carbonyl (C=O) groups is 2. The number of rotatable bonds is 8. The van der Waals surface area contributed by atoms with E-state index in [9.17, 15) is 22.8 Å². The van der Waals surface area contributed by atoms with Gasteiger partial charge in [0.1, 0.15) is 23.9 Å². The molecule has 1 fully saturated rings. The monoisotopic (exact) mass is 510 g/mol. The van der Waals surface area contributed by atoms with Crippen molar-refractivity contribution >= 4 is 17.7 Å². The van der Waals surface area contributed by atoms with Crippen LogP contribution < -0.4 is 5.32 Å². The molecule has 1 aromatic heterocycles. The Morgan fingerprint density at radius 1 is 1.22 bits per heavy atom. The summed E-state index contributed by atoms with van der Waals surface area (Å²) < 4.78 is 56.5. The van der Waals surface area contributed by atoms with Crippen LogP contribution in [0.25, 0.3) is 0 Å². The van der Waals surface area contributed by atoms with E-state index in [4.69, 9.17) is 14.2 Å². The Hall–Kier alpha value is -3.25. The molecule has 1 atom stereocenters. The molecule has 2 heterocycles. The van der Waals surface area contributed by atoms with Crippen molar-refractivity contribution in [3.8, 4) is 0 Å². The summed E-state index contributed by atoms with van der Waals surface area (Å²) in [6, 6.07) is 3.35. The first-order valence-electron chi connectivity index (χ1n) is 11.4. The summed E-state index contributed by atoms with van der Waals surface area (Å²) >= 11 is 0. The summed E-state index contributed by atoms with van der Waals surface area (Å²) in [6.45, 7) is 6.74. The molecule has 9 nitrogen and oxygen atoms in total. The number of halogens is 3. The van der Waals surface area contributed by atoms with Crippen LogP contribution in [-0.2, 0) is 25.2 Å². The fraction of sp³-hybridized carbons (Fsp3) is 0.500. The van der Waals surface area contributed by atoms with E-state index in [0.29, 0.717) is 5.56 Å². The molecule has 36 heavy (non-hydrogen) atoms. The third-order valence-corrected chi connectivity index (χ3v) is 5.64. The molecular weight excluding hydrogens is 481 g/mol. The second kappa shape index (κ2) is 11.2. The highest BCUT2D eigenvalue weighted by molar-refractivity contribution is 5.96. The summed E-state index contributed by atoms with van der Waals surface area (Å²) in [5.41, 5.74) is -0.0811. The lowest BCUT2D eigenvalue weighted by molar-refractivity contribution is -0.143. The van der Waals surface area contributed by atoms with Crippen molar-refractivity contribution in [2.24, 2.45) is 0 Å². The van der Waals surface area contributed by atoms with E-state index < -0.39 is 35.9 Å². The number of hydrogen-bond donors (Lipinski definition) is 1. The molecule has 0 bridgehead atoms. The average molecular weight is 511 g/mol. The van der Waals surface area contributed by atoms with Gasteiger partial charge in [0.15, 0.2) is 6.29 Å². The van der Waals surface area contributed by atoms with Gasteiger partial charge >= 0.3 is 12.1 Å². The SMILES string of the molecule is CCOC(=O)CN(C)C(=O)c1nc(C)nc(N[C@H](C)c2cccc(C(F)(F)F)c2C)c1C1OCCO1. The van der Waals surface area contributed by atoms with E-state index in [0.717, 1.165) is 11.0 Å². The maximum Gasteiger partial charge on any atom is 0.416 e. The minimum atomic E-state index is -4.49. The quantitative estimate of drug-likeness (QED) is 0.533. The number of aromatic nitrogens is 2. The van der Waals surface area contributed by atoms with Gasteiger partial charge < -0.3 is 24.4 Å². The first-order valence-corrected chi connectivity index (χ1v) is 11.4. The van der Waals surface area contributed by atoms with E-state index in [-0.39, 0.29) is 54.8 Å². The number of benzene rings is 1. The lowest BCUT2D eigenvalue weighted by Gasteiger charge is -2.25. The lowest BCUT2D eigenvalue weighted by atomic mass is 9.97. The zero-order valence-electron chi connectivity index (χ0n) is 20.7. The van der Waals surface area contributed by atoms with Crippen LogP contribution in [0, 0.1) is 13.8 Å². The van der Waals surface area contributed by atoms with Crippen molar-refractivity contribution in [2.75, 3.05) is 38.7 Å². The standard InChI is InChI=1S/C24H29F3N4O5/c1-6-34-18(32)12-31(5)22(33)20-19(23-35-10-11-36-23)21(30-15(4)29-20)28-14(3)16-8-7-9-17(13(16)2)24(25,26)27/h7-9,14,23H,6,10-12H2,1-5H3,(H,28,29,30)/t14-/m1/s1. The van der Waals surface area contributed by atoms with Gasteiger partial charge in [0.05, 0.1) is 37.0 Å². The second-order valence-electron chi connectivity index (χ2n) is 8.31. The number of aryl methyl sites for hydroxylation is 1. The second-order valence-corrected chi connectivity index (χ2v) is 8.31. The number of nitrogens with zero attached hydrogens (tertiary/aromatic N) is 3. The smallest absolute Gasteiger partial charge is 0.416 e. The molecule has 2 aromatic rings. The van der Waals surface area contributed by atoms with E-state index in [1.54, 1.807) is 26.8 Å². The van der Waals surface area contributed by atoms with Gasteiger partial charge in [-0.25, -0.2) is 9.97 Å². The maximum atomic E-state index is 13.4. The van der Waals surface area contributed by atoms with Gasteiger partial charge in [-0.3, -0.25) is 9.59 Å². The van der Waals surface area contributed by atoms with Gasteiger partial charge in [-0.1, -0.05) is 12.1 Å². The van der Waals surface area contributed by atoms with E-state index in [2.05, 4.69) is 15.3 Å². The van der Waals surface area contributed by atoms with Crippen LogP contribution in [0.3, 0.4) is 0 Å². The Morgan fingerprint density at radius 2 is 1.89 bits per heavy atom. The third-order valence-electron chi connectivity index (χ3n) is 5.64. The van der Waals surface area contributed by atoms with Crippen LogP contribution in [0.1, 0.15) is 64.7 Å². The van der Waals surface area contributed by atoms with Crippen molar-refractivity contribution in [3.05, 3.63) is 52.0 Å². The highest BCUT2D eigenvalue weighted by Crippen LogP contribution is 2.37. The van der Waals surface area contributed by atoms with Crippen LogP contribution in [0.4, 0.5) is 19.0 Å². The molecule has 0 spiro atoms. The highest BCUT2D eigenvalue weighted by atomic mass is 19.4. The Morgan fingerprint density at radius 3 is 2.50 bits per heavy atom. The average Bonchev–Trinajstić information content (AvgIpc) is 3.32. The Labute approximate surface area is 207 Å². The fourth-order valence-corrected chi connectivity index (χ4v) is 3.97. The topological polar surface area (TPSA) is 103 Å². The molecule has 196 valence electrons. The molecule has 3 rings (SSSR count). The van der Waals surface area contributed by atoms with Gasteiger partial charge in [0.2, 0.25) is 0 Å². The molecular formula is C24H29F3N4O5. The Balaban J connectivity index is 2.02. The predicted octanol–water partition coefficient (Wildman–Crippen LogP) is 3.97. The number of hydrogen-bond acceptors (Lipinski definition) is 8. The number of nitrogens with one attached hydrogen (secondary N) is 1. The third kappa shape index (κ3) is 6.11. The number of ether oxygens (including phenoxy) is 3. The lowest BCUT2D eigenvalue weighted by Crippen LogP contribution is -2.35. The Bertz CT molecular complexity index is 1120.